The summed E-state index contributed by atoms with van der Waals surface area (Å²) >= 11 is 0. The van der Waals surface area contributed by atoms with Gasteiger partial charge in [0.1, 0.15) is 0 Å². The fraction of sp³-hybridized carbons (Fsp3) is 0.632. The molecular weight excluding hydrogens is 288 g/mol. The van der Waals surface area contributed by atoms with Crippen LogP contribution in [0, 0.1) is 0 Å². The Morgan fingerprint density at radius 3 is 2.26 bits per heavy atom. The third-order valence-electron chi connectivity index (χ3n) is 4.33. The molecule has 0 radical (unpaired) electrons. The Labute approximate surface area is 140 Å². The van der Waals surface area contributed by atoms with E-state index < -0.39 is 0 Å². The highest BCUT2D eigenvalue weighted by atomic mass is 16.5. The molecule has 0 bridgehead atoms. The lowest BCUT2D eigenvalue weighted by Crippen LogP contribution is -2.44. The molecule has 0 N–H and O–H groups in total. The van der Waals surface area contributed by atoms with Crippen molar-refractivity contribution in [3.8, 4) is 0 Å². The van der Waals surface area contributed by atoms with Gasteiger partial charge in [-0.15, -0.1) is 0 Å². The van der Waals surface area contributed by atoms with E-state index in [1.807, 2.05) is 24.0 Å². The van der Waals surface area contributed by atoms with Crippen molar-refractivity contribution in [3.63, 3.8) is 0 Å². The molecule has 2 atom stereocenters. The molecule has 0 aliphatic carbocycles. The van der Waals surface area contributed by atoms with Gasteiger partial charge < -0.3 is 9.64 Å². The van der Waals surface area contributed by atoms with Crippen LogP contribution in [0.3, 0.4) is 0 Å². The van der Waals surface area contributed by atoms with E-state index in [2.05, 4.69) is 44.7 Å². The number of carbonyl (C=O) groups excluding carboxylic acids is 1. The summed E-state index contributed by atoms with van der Waals surface area (Å²) in [5.41, 5.74) is 2.02. The van der Waals surface area contributed by atoms with Crippen LogP contribution in [0.4, 0.5) is 0 Å². The first-order valence-electron chi connectivity index (χ1n) is 8.68. The van der Waals surface area contributed by atoms with Crippen LogP contribution in [0.15, 0.2) is 24.3 Å². The molecule has 2 rings (SSSR count). The van der Waals surface area contributed by atoms with E-state index in [4.69, 9.17) is 4.74 Å². The van der Waals surface area contributed by atoms with Gasteiger partial charge in [-0.05, 0) is 52.3 Å². The Bertz CT molecular complexity index is 503. The van der Waals surface area contributed by atoms with Gasteiger partial charge in [0.15, 0.2) is 0 Å². The van der Waals surface area contributed by atoms with Crippen molar-refractivity contribution in [3.05, 3.63) is 35.4 Å². The number of ether oxygens (including phenoxy) is 1. The van der Waals surface area contributed by atoms with Gasteiger partial charge in [0.25, 0.3) is 5.91 Å². The van der Waals surface area contributed by atoms with Crippen molar-refractivity contribution in [1.82, 2.24) is 9.80 Å². The van der Waals surface area contributed by atoms with E-state index >= 15 is 0 Å². The molecule has 1 amide bonds. The van der Waals surface area contributed by atoms with Gasteiger partial charge in [-0.1, -0.05) is 12.1 Å². The van der Waals surface area contributed by atoms with Crippen LogP contribution in [0.25, 0.3) is 0 Å². The van der Waals surface area contributed by atoms with Crippen molar-refractivity contribution in [1.29, 1.82) is 0 Å². The molecule has 1 fully saturated rings. The van der Waals surface area contributed by atoms with Crippen LogP contribution in [-0.2, 0) is 11.3 Å². The SMILES string of the molecule is CCN(C(=O)c1ccc(CN2C[C@H](C)O[C@@H](C)C2)cc1)C(C)C. The Kier molecular flexibility index (Phi) is 6.19. The van der Waals surface area contributed by atoms with Crippen LogP contribution in [0.1, 0.15) is 50.5 Å². The lowest BCUT2D eigenvalue weighted by molar-refractivity contribution is -0.0704. The molecule has 0 saturated carbocycles. The minimum absolute atomic E-state index is 0.114. The molecule has 1 heterocycles. The van der Waals surface area contributed by atoms with Gasteiger partial charge in [0, 0.05) is 37.8 Å². The number of nitrogens with zero attached hydrogens (tertiary/aromatic N) is 2. The Morgan fingerprint density at radius 2 is 1.78 bits per heavy atom. The minimum atomic E-state index is 0.114. The second-order valence-corrected chi connectivity index (χ2v) is 6.83. The lowest BCUT2D eigenvalue weighted by atomic mass is 10.1. The van der Waals surface area contributed by atoms with E-state index in [0.29, 0.717) is 0 Å². The highest BCUT2D eigenvalue weighted by Crippen LogP contribution is 2.16. The molecule has 23 heavy (non-hydrogen) atoms. The van der Waals surface area contributed by atoms with Crippen LogP contribution in [0.5, 0.6) is 0 Å². The summed E-state index contributed by atoms with van der Waals surface area (Å²) in [5.74, 6) is 0.114. The second-order valence-electron chi connectivity index (χ2n) is 6.83. The molecule has 0 aromatic heterocycles. The number of morpholine rings is 1. The summed E-state index contributed by atoms with van der Waals surface area (Å²) in [6, 6.07) is 8.29. The van der Waals surface area contributed by atoms with Gasteiger partial charge in [0.2, 0.25) is 0 Å². The normalized spacial score (nSPS) is 22.3. The summed E-state index contributed by atoms with van der Waals surface area (Å²) in [6.45, 7) is 13.9. The molecule has 1 aliphatic rings. The zero-order chi connectivity index (χ0) is 17.0. The molecule has 4 heteroatoms. The Balaban J connectivity index is 2.00. The maximum atomic E-state index is 12.5. The van der Waals surface area contributed by atoms with Gasteiger partial charge in [-0.3, -0.25) is 9.69 Å². The topological polar surface area (TPSA) is 32.8 Å². The number of rotatable bonds is 5. The predicted octanol–water partition coefficient (Wildman–Crippen LogP) is 3.17. The average molecular weight is 318 g/mol. The van der Waals surface area contributed by atoms with Crippen LogP contribution in [0.2, 0.25) is 0 Å². The summed E-state index contributed by atoms with van der Waals surface area (Å²) in [6.07, 6.45) is 0.563. The summed E-state index contributed by atoms with van der Waals surface area (Å²) in [7, 11) is 0. The van der Waals surface area contributed by atoms with Crippen molar-refractivity contribution in [2.45, 2.75) is 59.4 Å². The van der Waals surface area contributed by atoms with E-state index in [1.54, 1.807) is 0 Å². The standard InChI is InChI=1S/C19H30N2O2/c1-6-21(14(2)3)19(22)18-9-7-17(8-10-18)13-20-11-15(4)23-16(5)12-20/h7-10,14-16H,6,11-13H2,1-5H3/t15-,16-/m0/s1. The van der Waals surface area contributed by atoms with Crippen LogP contribution < -0.4 is 0 Å². The van der Waals surface area contributed by atoms with Crippen molar-refractivity contribution >= 4 is 5.91 Å². The number of hydrogen-bond donors (Lipinski definition) is 0. The molecule has 0 spiro atoms. The van der Waals surface area contributed by atoms with Crippen molar-refractivity contribution in [2.75, 3.05) is 19.6 Å². The second kappa shape index (κ2) is 7.93. The largest absolute Gasteiger partial charge is 0.373 e. The molecule has 4 nitrogen and oxygen atoms in total. The molecule has 1 aliphatic heterocycles. The Morgan fingerprint density at radius 1 is 1.22 bits per heavy atom. The van der Waals surface area contributed by atoms with Gasteiger partial charge >= 0.3 is 0 Å². The molecule has 1 aromatic rings. The first-order valence-corrected chi connectivity index (χ1v) is 8.68. The summed E-state index contributed by atoms with van der Waals surface area (Å²) in [4.78, 5) is 16.8. The van der Waals surface area contributed by atoms with Crippen LogP contribution >= 0.6 is 0 Å². The fourth-order valence-corrected chi connectivity index (χ4v) is 3.33. The van der Waals surface area contributed by atoms with E-state index in [9.17, 15) is 4.79 Å². The summed E-state index contributed by atoms with van der Waals surface area (Å²) < 4.78 is 5.77. The number of benzene rings is 1. The highest BCUT2D eigenvalue weighted by molar-refractivity contribution is 5.94. The van der Waals surface area contributed by atoms with E-state index in [1.165, 1.54) is 5.56 Å². The van der Waals surface area contributed by atoms with Crippen LogP contribution in [-0.4, -0.2) is 53.6 Å². The molecule has 1 saturated heterocycles. The first kappa shape index (κ1) is 18.0. The summed E-state index contributed by atoms with van der Waals surface area (Å²) in [5, 5.41) is 0. The molecule has 0 unspecified atom stereocenters. The minimum Gasteiger partial charge on any atom is -0.373 e. The quantitative estimate of drug-likeness (QED) is 0.836. The smallest absolute Gasteiger partial charge is 0.254 e. The molecule has 128 valence electrons. The van der Waals surface area contributed by atoms with Gasteiger partial charge in [-0.25, -0.2) is 0 Å². The molecular formula is C19H30N2O2. The highest BCUT2D eigenvalue weighted by Gasteiger charge is 2.22. The third kappa shape index (κ3) is 4.79. The zero-order valence-electron chi connectivity index (χ0n) is 15.1. The average Bonchev–Trinajstić information content (AvgIpc) is 2.47. The fourth-order valence-electron chi connectivity index (χ4n) is 3.33. The maximum Gasteiger partial charge on any atom is 0.254 e. The number of amides is 1. The van der Waals surface area contributed by atoms with E-state index in [0.717, 1.165) is 31.7 Å². The third-order valence-corrected chi connectivity index (χ3v) is 4.33. The first-order chi connectivity index (χ1) is 10.9. The van der Waals surface area contributed by atoms with E-state index in [-0.39, 0.29) is 24.2 Å². The Hall–Kier alpha value is -1.39. The number of hydrogen-bond acceptors (Lipinski definition) is 3. The lowest BCUT2D eigenvalue weighted by Gasteiger charge is -2.35. The van der Waals surface area contributed by atoms with Gasteiger partial charge in [-0.2, -0.15) is 0 Å². The van der Waals surface area contributed by atoms with Gasteiger partial charge in [0.05, 0.1) is 12.2 Å². The zero-order valence-corrected chi connectivity index (χ0v) is 15.1. The van der Waals surface area contributed by atoms with Crippen molar-refractivity contribution < 1.29 is 9.53 Å². The number of carbonyl (C=O) groups is 1. The van der Waals surface area contributed by atoms with Crippen molar-refractivity contribution in [2.24, 2.45) is 0 Å². The molecule has 1 aromatic carbocycles. The predicted molar refractivity (Wildman–Crippen MR) is 93.6 cm³/mol. The maximum absolute atomic E-state index is 12.5. The monoisotopic (exact) mass is 318 g/mol.